The van der Waals surface area contributed by atoms with Crippen LogP contribution in [0.4, 0.5) is 34.1 Å². The molecular formula is C39H54N6O5. The van der Waals surface area contributed by atoms with Gasteiger partial charge < -0.3 is 14.4 Å². The topological polar surface area (TPSA) is 131 Å². The number of carbonyl (C=O) groups is 1. The predicted octanol–water partition coefficient (Wildman–Crippen LogP) is 12.1. The highest BCUT2D eigenvalue weighted by atomic mass is 16.6. The Hall–Kier alpha value is -4.67. The molecule has 0 unspecified atom stereocenters. The molecule has 0 saturated carbocycles. The van der Waals surface area contributed by atoms with Crippen molar-refractivity contribution in [2.24, 2.45) is 25.9 Å². The molecule has 3 aromatic rings. The van der Waals surface area contributed by atoms with Crippen LogP contribution in [0.5, 0.6) is 5.75 Å². The lowest BCUT2D eigenvalue weighted by molar-refractivity contribution is -0.384. The first kappa shape index (κ1) is 39.8. The zero-order chi connectivity index (χ0) is 36.4. The first-order valence-electron chi connectivity index (χ1n) is 17.9. The number of ether oxygens (including phenoxy) is 2. The van der Waals surface area contributed by atoms with E-state index in [-0.39, 0.29) is 11.7 Å². The number of esters is 1. The molecule has 0 atom stereocenters. The van der Waals surface area contributed by atoms with E-state index in [1.54, 1.807) is 25.3 Å². The molecule has 0 aliphatic carbocycles. The SMILES string of the molecule is CCCCCCCCCCN(CCOC(=O)C(C)(CC)CC)c1ccc(N=Nc2cc(C)c(N=Nc3ccc([N+](=O)[O-])cc3)cc2OC)cc1. The van der Waals surface area contributed by atoms with Gasteiger partial charge in [0.05, 0.1) is 41.1 Å². The van der Waals surface area contributed by atoms with Gasteiger partial charge in [-0.15, -0.1) is 5.11 Å². The second kappa shape index (κ2) is 20.8. The number of carbonyl (C=O) groups excluding carboxylic acids is 1. The molecular weight excluding hydrogens is 632 g/mol. The molecule has 0 saturated heterocycles. The van der Waals surface area contributed by atoms with E-state index in [4.69, 9.17) is 9.47 Å². The fourth-order valence-electron chi connectivity index (χ4n) is 5.37. The van der Waals surface area contributed by atoms with Crippen LogP contribution < -0.4 is 9.64 Å². The minimum absolute atomic E-state index is 0.00743. The van der Waals surface area contributed by atoms with Gasteiger partial charge in [0, 0.05) is 30.4 Å². The molecule has 0 spiro atoms. The number of aryl methyl sites for hydroxylation is 1. The summed E-state index contributed by atoms with van der Waals surface area (Å²) in [4.78, 5) is 25.5. The standard InChI is InChI=1S/C39H54N6O5/c1-7-10-11-12-13-14-15-16-25-44(26-27-50-38(46)39(5,8-2)9-3)33-21-17-31(18-22-33)41-43-36-28-30(4)35(29-37(36)49-6)42-40-32-19-23-34(24-20-32)45(47)48/h17-24,28-29H,7-16,25-27H2,1-6H3. The number of anilines is 1. The first-order chi connectivity index (χ1) is 24.1. The van der Waals surface area contributed by atoms with Crippen molar-refractivity contribution in [3.8, 4) is 5.75 Å². The van der Waals surface area contributed by atoms with Crippen LogP contribution >= 0.6 is 0 Å². The van der Waals surface area contributed by atoms with Crippen LogP contribution in [0.25, 0.3) is 0 Å². The van der Waals surface area contributed by atoms with E-state index in [0.717, 1.165) is 37.1 Å². The Morgan fingerprint density at radius 3 is 1.90 bits per heavy atom. The minimum atomic E-state index is -0.456. The highest BCUT2D eigenvalue weighted by molar-refractivity contribution is 5.76. The van der Waals surface area contributed by atoms with Crippen molar-refractivity contribution in [3.05, 3.63) is 76.3 Å². The maximum Gasteiger partial charge on any atom is 0.311 e. The molecule has 270 valence electrons. The largest absolute Gasteiger partial charge is 0.494 e. The second-order valence-electron chi connectivity index (χ2n) is 12.9. The van der Waals surface area contributed by atoms with Crippen molar-refractivity contribution in [1.29, 1.82) is 0 Å². The van der Waals surface area contributed by atoms with Gasteiger partial charge in [-0.1, -0.05) is 65.7 Å². The number of methoxy groups -OCH3 is 1. The Morgan fingerprint density at radius 1 is 0.780 bits per heavy atom. The van der Waals surface area contributed by atoms with Crippen molar-refractivity contribution in [2.45, 2.75) is 98.8 Å². The Morgan fingerprint density at radius 2 is 1.34 bits per heavy atom. The first-order valence-corrected chi connectivity index (χ1v) is 17.9. The second-order valence-corrected chi connectivity index (χ2v) is 12.9. The van der Waals surface area contributed by atoms with Crippen molar-refractivity contribution >= 4 is 40.1 Å². The van der Waals surface area contributed by atoms with E-state index in [9.17, 15) is 14.9 Å². The van der Waals surface area contributed by atoms with Gasteiger partial charge >= 0.3 is 5.97 Å². The quantitative estimate of drug-likeness (QED) is 0.0340. The molecule has 0 radical (unpaired) electrons. The smallest absolute Gasteiger partial charge is 0.311 e. The molecule has 0 N–H and O–H groups in total. The van der Waals surface area contributed by atoms with Crippen LogP contribution in [-0.4, -0.2) is 37.7 Å². The van der Waals surface area contributed by atoms with E-state index in [1.165, 1.54) is 57.1 Å². The molecule has 3 rings (SSSR count). The minimum Gasteiger partial charge on any atom is -0.494 e. The zero-order valence-corrected chi connectivity index (χ0v) is 30.7. The highest BCUT2D eigenvalue weighted by Crippen LogP contribution is 2.37. The fraction of sp³-hybridized carbons (Fsp3) is 0.513. The Labute approximate surface area is 297 Å². The van der Waals surface area contributed by atoms with E-state index >= 15 is 0 Å². The third-order valence-electron chi connectivity index (χ3n) is 9.25. The number of hydrogen-bond donors (Lipinski definition) is 0. The number of azo groups is 2. The van der Waals surface area contributed by atoms with Gasteiger partial charge in [-0.3, -0.25) is 14.9 Å². The maximum atomic E-state index is 12.8. The number of benzene rings is 3. The monoisotopic (exact) mass is 686 g/mol. The number of hydrogen-bond acceptors (Lipinski definition) is 10. The van der Waals surface area contributed by atoms with Crippen LogP contribution in [0.15, 0.2) is 81.1 Å². The third-order valence-corrected chi connectivity index (χ3v) is 9.25. The van der Waals surface area contributed by atoms with Crippen LogP contribution in [0.1, 0.15) is 97.5 Å². The molecule has 0 bridgehead atoms. The van der Waals surface area contributed by atoms with Crippen molar-refractivity contribution in [2.75, 3.05) is 31.7 Å². The van der Waals surface area contributed by atoms with E-state index in [1.807, 2.05) is 58.0 Å². The van der Waals surface area contributed by atoms with Gasteiger partial charge in [0.2, 0.25) is 0 Å². The van der Waals surface area contributed by atoms with E-state index in [2.05, 4.69) is 32.3 Å². The van der Waals surface area contributed by atoms with Crippen molar-refractivity contribution in [1.82, 2.24) is 0 Å². The summed E-state index contributed by atoms with van der Waals surface area (Å²) in [6.45, 7) is 12.0. The van der Waals surface area contributed by atoms with Crippen molar-refractivity contribution in [3.63, 3.8) is 0 Å². The molecule has 3 aromatic carbocycles. The Bertz CT molecular complexity index is 1550. The van der Waals surface area contributed by atoms with Crippen LogP contribution in [-0.2, 0) is 9.53 Å². The molecule has 0 fully saturated rings. The predicted molar refractivity (Wildman–Crippen MR) is 200 cm³/mol. The number of nitro groups is 1. The summed E-state index contributed by atoms with van der Waals surface area (Å²) < 4.78 is 11.3. The molecule has 0 amide bonds. The molecule has 50 heavy (non-hydrogen) atoms. The highest BCUT2D eigenvalue weighted by Gasteiger charge is 2.30. The van der Waals surface area contributed by atoms with Gasteiger partial charge in [0.1, 0.15) is 18.0 Å². The molecule has 11 nitrogen and oxygen atoms in total. The van der Waals surface area contributed by atoms with Gasteiger partial charge in [-0.25, -0.2) is 0 Å². The van der Waals surface area contributed by atoms with Gasteiger partial charge in [0.15, 0.2) is 0 Å². The molecule has 0 aliphatic heterocycles. The summed E-state index contributed by atoms with van der Waals surface area (Å²) in [6.07, 6.45) is 11.5. The molecule has 0 aromatic heterocycles. The average molecular weight is 687 g/mol. The summed E-state index contributed by atoms with van der Waals surface area (Å²) in [5, 5.41) is 28.4. The maximum absolute atomic E-state index is 12.8. The number of nitrogens with zero attached hydrogens (tertiary/aromatic N) is 6. The molecule has 0 heterocycles. The lowest BCUT2D eigenvalue weighted by atomic mass is 9.85. The Balaban J connectivity index is 1.68. The van der Waals surface area contributed by atoms with Gasteiger partial charge in [-0.05, 0) is 81.1 Å². The number of non-ortho nitro benzene ring substituents is 1. The zero-order valence-electron chi connectivity index (χ0n) is 30.7. The van der Waals surface area contributed by atoms with Crippen LogP contribution in [0.3, 0.4) is 0 Å². The number of rotatable bonds is 22. The van der Waals surface area contributed by atoms with E-state index < -0.39 is 10.3 Å². The molecule has 0 aliphatic rings. The van der Waals surface area contributed by atoms with Crippen LogP contribution in [0.2, 0.25) is 0 Å². The summed E-state index contributed by atoms with van der Waals surface area (Å²) >= 11 is 0. The fourth-order valence-corrected chi connectivity index (χ4v) is 5.37. The summed E-state index contributed by atoms with van der Waals surface area (Å²) in [5.41, 5.74) is 3.73. The third kappa shape index (κ3) is 12.3. The number of nitro benzene ring substituents is 1. The lowest BCUT2D eigenvalue weighted by Gasteiger charge is -2.27. The summed E-state index contributed by atoms with van der Waals surface area (Å²) in [5.74, 6) is 0.360. The number of unbranched alkanes of at least 4 members (excludes halogenated alkanes) is 7. The average Bonchev–Trinajstić information content (AvgIpc) is 3.13. The van der Waals surface area contributed by atoms with Gasteiger partial charge in [0.25, 0.3) is 5.69 Å². The Kier molecular flexibility index (Phi) is 16.5. The summed E-state index contributed by atoms with van der Waals surface area (Å²) in [6, 6.07) is 17.4. The van der Waals surface area contributed by atoms with E-state index in [0.29, 0.717) is 41.7 Å². The molecule has 11 heteroatoms. The van der Waals surface area contributed by atoms with Crippen LogP contribution in [0, 0.1) is 22.5 Å². The summed E-state index contributed by atoms with van der Waals surface area (Å²) in [7, 11) is 1.55. The van der Waals surface area contributed by atoms with Gasteiger partial charge in [-0.2, -0.15) is 15.3 Å². The normalized spacial score (nSPS) is 11.7. The van der Waals surface area contributed by atoms with Crippen molar-refractivity contribution < 1.29 is 19.2 Å². The lowest BCUT2D eigenvalue weighted by Crippen LogP contribution is -2.33.